The molecule has 0 heterocycles. The van der Waals surface area contributed by atoms with Gasteiger partial charge in [0.25, 0.3) is 0 Å². The monoisotopic (exact) mass is 570 g/mol. The van der Waals surface area contributed by atoms with Crippen molar-refractivity contribution in [2.45, 2.75) is 151 Å². The van der Waals surface area contributed by atoms with E-state index >= 15 is 0 Å². The van der Waals surface area contributed by atoms with Gasteiger partial charge in [-0.05, 0) is 183 Å². The van der Waals surface area contributed by atoms with Gasteiger partial charge in [0.15, 0.2) is 0 Å². The van der Waals surface area contributed by atoms with Crippen LogP contribution in [0, 0.1) is 57.2 Å². The lowest BCUT2D eigenvalue weighted by Gasteiger charge is -2.57. The highest BCUT2D eigenvalue weighted by atomic mass is 16.5. The van der Waals surface area contributed by atoms with Gasteiger partial charge in [0.1, 0.15) is 0 Å². The molecule has 4 heteroatoms. The van der Waals surface area contributed by atoms with E-state index in [-0.39, 0.29) is 22.8 Å². The molecule has 234 valence electrons. The summed E-state index contributed by atoms with van der Waals surface area (Å²) >= 11 is 0. The van der Waals surface area contributed by atoms with Gasteiger partial charge in [-0.2, -0.15) is 0 Å². The van der Waals surface area contributed by atoms with Gasteiger partial charge >= 0.3 is 11.9 Å². The van der Waals surface area contributed by atoms with Crippen LogP contribution in [-0.2, 0) is 19.1 Å². The average Bonchev–Trinajstić information content (AvgIpc) is 2.89. The van der Waals surface area contributed by atoms with E-state index in [1.54, 1.807) is 0 Å². The molecule has 8 bridgehead atoms. The lowest BCUT2D eigenvalue weighted by Crippen LogP contribution is -2.46. The molecule has 41 heavy (non-hydrogen) atoms. The van der Waals surface area contributed by atoms with Gasteiger partial charge in [-0.25, -0.2) is 0 Å². The standard InChI is InChI=1S/C19H32O2.C18H30O2/c1-4-18(2,3)17(20)21-7-5-6-19-11-14-8-15(12-19)10-16(9-14)13-19;1-4-17(2,3)16(19)20-6-5-18-10-13-7-14(11-18)9-15(8-13)12-18/h14-16H,4-13H2,1-3H3;13-15H,4-12H2,1-3H3. The molecule has 0 N–H and O–H groups in total. The molecule has 0 amide bonds. The Balaban J connectivity index is 0.000000165. The molecule has 8 fully saturated rings. The van der Waals surface area contributed by atoms with Crippen LogP contribution in [0.1, 0.15) is 151 Å². The van der Waals surface area contributed by atoms with Gasteiger partial charge in [0.05, 0.1) is 24.0 Å². The van der Waals surface area contributed by atoms with E-state index < -0.39 is 0 Å². The summed E-state index contributed by atoms with van der Waals surface area (Å²) in [6.45, 7) is 13.3. The minimum Gasteiger partial charge on any atom is -0.465 e. The summed E-state index contributed by atoms with van der Waals surface area (Å²) in [6.07, 6.45) is 22.8. The van der Waals surface area contributed by atoms with Gasteiger partial charge in [-0.3, -0.25) is 9.59 Å². The molecule has 0 aliphatic heterocycles. The van der Waals surface area contributed by atoms with Gasteiger partial charge in [0.2, 0.25) is 0 Å². The summed E-state index contributed by atoms with van der Waals surface area (Å²) in [5.41, 5.74) is 0.523. The number of esters is 2. The summed E-state index contributed by atoms with van der Waals surface area (Å²) in [5.74, 6) is 6.02. The summed E-state index contributed by atoms with van der Waals surface area (Å²) in [4.78, 5) is 24.1. The van der Waals surface area contributed by atoms with Crippen LogP contribution >= 0.6 is 0 Å². The molecule has 8 rings (SSSR count). The Labute approximate surface area is 251 Å². The average molecular weight is 571 g/mol. The SMILES string of the molecule is CCC(C)(C)C(=O)OCCC12CC3CC(CC(C3)C1)C2.CCC(C)(C)C(=O)OCCCC12CC3CC(CC(C3)C1)C2. The lowest BCUT2D eigenvalue weighted by molar-refractivity contribution is -0.156. The zero-order valence-corrected chi connectivity index (χ0v) is 27.5. The minimum absolute atomic E-state index is 0.00951. The second-order valence-corrected chi connectivity index (χ2v) is 17.4. The third-order valence-electron chi connectivity index (χ3n) is 13.2. The van der Waals surface area contributed by atoms with Crippen LogP contribution in [0.25, 0.3) is 0 Å². The first-order chi connectivity index (χ1) is 19.3. The van der Waals surface area contributed by atoms with Crippen LogP contribution in [0.2, 0.25) is 0 Å². The third-order valence-corrected chi connectivity index (χ3v) is 13.2. The second kappa shape index (κ2) is 12.1. The molecular weight excluding hydrogens is 508 g/mol. The summed E-state index contributed by atoms with van der Waals surface area (Å²) in [6, 6.07) is 0. The molecule has 0 aromatic rings. The van der Waals surface area contributed by atoms with Crippen LogP contribution in [0.15, 0.2) is 0 Å². The highest BCUT2D eigenvalue weighted by Gasteiger charge is 2.51. The van der Waals surface area contributed by atoms with Crippen molar-refractivity contribution in [2.75, 3.05) is 13.2 Å². The zero-order chi connectivity index (χ0) is 29.5. The van der Waals surface area contributed by atoms with Crippen LogP contribution in [0.5, 0.6) is 0 Å². The highest BCUT2D eigenvalue weighted by molar-refractivity contribution is 5.76. The van der Waals surface area contributed by atoms with Crippen LogP contribution < -0.4 is 0 Å². The molecule has 4 nitrogen and oxygen atoms in total. The van der Waals surface area contributed by atoms with E-state index in [0.29, 0.717) is 24.0 Å². The van der Waals surface area contributed by atoms with Crippen molar-refractivity contribution in [1.29, 1.82) is 0 Å². The molecule has 0 atom stereocenters. The molecule has 0 spiro atoms. The number of carbonyl (C=O) groups excluding carboxylic acids is 2. The highest BCUT2D eigenvalue weighted by Crippen LogP contribution is 2.62. The molecule has 8 aliphatic rings. The predicted molar refractivity (Wildman–Crippen MR) is 165 cm³/mol. The maximum Gasteiger partial charge on any atom is 0.311 e. The van der Waals surface area contributed by atoms with Crippen molar-refractivity contribution in [3.63, 3.8) is 0 Å². The maximum absolute atomic E-state index is 12.1. The summed E-state index contributed by atoms with van der Waals surface area (Å²) in [5, 5.41) is 0. The molecule has 0 radical (unpaired) electrons. The Morgan fingerprint density at radius 3 is 1.22 bits per heavy atom. The Kier molecular flexibility index (Phi) is 9.29. The normalized spacial score (nSPS) is 38.4. The van der Waals surface area contributed by atoms with Crippen molar-refractivity contribution >= 4 is 11.9 Å². The van der Waals surface area contributed by atoms with Crippen LogP contribution in [0.3, 0.4) is 0 Å². The quantitative estimate of drug-likeness (QED) is 0.183. The van der Waals surface area contributed by atoms with Crippen LogP contribution in [-0.4, -0.2) is 25.2 Å². The van der Waals surface area contributed by atoms with Gasteiger partial charge in [0, 0.05) is 0 Å². The van der Waals surface area contributed by atoms with Gasteiger partial charge in [-0.15, -0.1) is 0 Å². The third kappa shape index (κ3) is 7.19. The van der Waals surface area contributed by atoms with Crippen molar-refractivity contribution in [1.82, 2.24) is 0 Å². The first-order valence-corrected chi connectivity index (χ1v) is 17.7. The van der Waals surface area contributed by atoms with Crippen molar-refractivity contribution < 1.29 is 19.1 Å². The van der Waals surface area contributed by atoms with Gasteiger partial charge < -0.3 is 9.47 Å². The maximum atomic E-state index is 12.1. The van der Waals surface area contributed by atoms with E-state index in [2.05, 4.69) is 13.8 Å². The van der Waals surface area contributed by atoms with E-state index in [0.717, 1.165) is 61.2 Å². The number of hydrogen-bond donors (Lipinski definition) is 0. The molecule has 0 aromatic carbocycles. The number of rotatable bonds is 11. The molecular formula is C37H62O4. The lowest BCUT2D eigenvalue weighted by atomic mass is 9.48. The van der Waals surface area contributed by atoms with Crippen LogP contribution in [0.4, 0.5) is 0 Å². The summed E-state index contributed by atoms with van der Waals surface area (Å²) in [7, 11) is 0. The molecule has 0 saturated heterocycles. The molecule has 0 aromatic heterocycles. The fourth-order valence-corrected chi connectivity index (χ4v) is 10.8. The topological polar surface area (TPSA) is 52.6 Å². The Morgan fingerprint density at radius 1 is 0.561 bits per heavy atom. The minimum atomic E-state index is -0.319. The predicted octanol–water partition coefficient (Wildman–Crippen LogP) is 9.53. The first kappa shape index (κ1) is 31.4. The van der Waals surface area contributed by atoms with Gasteiger partial charge in [-0.1, -0.05) is 13.8 Å². The smallest absolute Gasteiger partial charge is 0.311 e. The zero-order valence-electron chi connectivity index (χ0n) is 27.5. The number of hydrogen-bond acceptors (Lipinski definition) is 4. The number of ether oxygens (including phenoxy) is 2. The Hall–Kier alpha value is -1.06. The Bertz CT molecular complexity index is 859. The van der Waals surface area contributed by atoms with Crippen molar-refractivity contribution in [3.05, 3.63) is 0 Å². The fourth-order valence-electron chi connectivity index (χ4n) is 10.8. The van der Waals surface area contributed by atoms with E-state index in [4.69, 9.17) is 9.47 Å². The fraction of sp³-hybridized carbons (Fsp3) is 0.946. The largest absolute Gasteiger partial charge is 0.465 e. The van der Waals surface area contributed by atoms with E-state index in [1.807, 2.05) is 27.7 Å². The van der Waals surface area contributed by atoms with E-state index in [1.165, 1.54) is 83.5 Å². The molecule has 0 unspecified atom stereocenters. The first-order valence-electron chi connectivity index (χ1n) is 17.7. The molecule has 8 saturated carbocycles. The second-order valence-electron chi connectivity index (χ2n) is 17.4. The van der Waals surface area contributed by atoms with E-state index in [9.17, 15) is 9.59 Å². The molecule has 8 aliphatic carbocycles. The van der Waals surface area contributed by atoms with Crippen molar-refractivity contribution in [2.24, 2.45) is 57.2 Å². The van der Waals surface area contributed by atoms with Crippen molar-refractivity contribution in [3.8, 4) is 0 Å². The number of carbonyl (C=O) groups is 2. The Morgan fingerprint density at radius 2 is 0.878 bits per heavy atom. The summed E-state index contributed by atoms with van der Waals surface area (Å²) < 4.78 is 11.1.